The topological polar surface area (TPSA) is 46.5 Å². The van der Waals surface area contributed by atoms with Crippen LogP contribution >= 0.6 is 0 Å². The van der Waals surface area contributed by atoms with Crippen molar-refractivity contribution in [3.8, 4) is 0 Å². The van der Waals surface area contributed by atoms with E-state index in [-0.39, 0.29) is 0 Å². The largest absolute Gasteiger partial charge is 0.389 e. The minimum Gasteiger partial charge on any atom is -0.389 e. The molecule has 2 fully saturated rings. The van der Waals surface area contributed by atoms with Crippen molar-refractivity contribution in [1.82, 2.24) is 0 Å². The van der Waals surface area contributed by atoms with E-state index in [1.54, 1.807) is 0 Å². The Morgan fingerprint density at radius 2 is 1.85 bits per heavy atom. The molecule has 1 N–H and O–H groups in total. The van der Waals surface area contributed by atoms with Crippen LogP contribution in [0.2, 0.25) is 0 Å². The zero-order valence-corrected chi connectivity index (χ0v) is 7.79. The first-order valence-electron chi connectivity index (χ1n) is 4.92. The first-order valence-corrected chi connectivity index (χ1v) is 4.92. The Balaban J connectivity index is 1.91. The maximum Gasteiger partial charge on any atom is 0.122 e. The van der Waals surface area contributed by atoms with Gasteiger partial charge in [-0.25, -0.2) is 0 Å². The van der Waals surface area contributed by atoms with Crippen LogP contribution in [0.4, 0.5) is 0 Å². The lowest BCUT2D eigenvalue weighted by atomic mass is 9.67. The van der Waals surface area contributed by atoms with Gasteiger partial charge < -0.3 is 14.6 Å². The fraction of sp³-hybridized carbons (Fsp3) is 0.900. The Labute approximate surface area is 78.1 Å². The molecule has 0 aromatic rings. The molecule has 1 spiro atoms. The average Bonchev–Trinajstić information content (AvgIpc) is 2.03. The molecule has 0 amide bonds. The van der Waals surface area contributed by atoms with Gasteiger partial charge in [0.2, 0.25) is 0 Å². The number of rotatable bonds is 2. The fourth-order valence-corrected chi connectivity index (χ4v) is 2.28. The van der Waals surface area contributed by atoms with Crippen LogP contribution in [0, 0.1) is 5.41 Å². The summed E-state index contributed by atoms with van der Waals surface area (Å²) in [5.41, 5.74) is -0.349. The standard InChI is InChI=1S/C10H16O3/c11-6-5-10(12)3-1-9(2-4-10)7-13-8-9/h6,12H,1-5,7-8H2. The Morgan fingerprint density at radius 1 is 1.23 bits per heavy atom. The second-order valence-electron chi connectivity index (χ2n) is 4.59. The summed E-state index contributed by atoms with van der Waals surface area (Å²) in [6.45, 7) is 1.70. The highest BCUT2D eigenvalue weighted by atomic mass is 16.5. The zero-order chi connectivity index (χ0) is 9.36. The highest BCUT2D eigenvalue weighted by Gasteiger charge is 2.45. The Kier molecular flexibility index (Phi) is 2.16. The smallest absolute Gasteiger partial charge is 0.122 e. The highest BCUT2D eigenvalue weighted by Crippen LogP contribution is 2.46. The number of carbonyl (C=O) groups is 1. The van der Waals surface area contributed by atoms with Crippen molar-refractivity contribution in [3.63, 3.8) is 0 Å². The van der Waals surface area contributed by atoms with E-state index in [9.17, 15) is 9.90 Å². The minimum atomic E-state index is -0.706. The van der Waals surface area contributed by atoms with Crippen LogP contribution < -0.4 is 0 Å². The SMILES string of the molecule is O=CCC1(O)CCC2(CC1)COC2. The Hall–Kier alpha value is -0.410. The lowest BCUT2D eigenvalue weighted by Gasteiger charge is -2.48. The summed E-state index contributed by atoms with van der Waals surface area (Å²) in [5.74, 6) is 0. The van der Waals surface area contributed by atoms with Crippen LogP contribution in [-0.2, 0) is 9.53 Å². The van der Waals surface area contributed by atoms with Crippen molar-refractivity contribution in [2.45, 2.75) is 37.7 Å². The summed E-state index contributed by atoms with van der Waals surface area (Å²) in [6.07, 6.45) is 4.66. The second-order valence-corrected chi connectivity index (χ2v) is 4.59. The molecule has 1 saturated heterocycles. The number of ether oxygens (including phenoxy) is 1. The molecule has 0 radical (unpaired) electrons. The monoisotopic (exact) mass is 184 g/mol. The molecule has 1 aliphatic carbocycles. The minimum absolute atomic E-state index is 0.296. The molecule has 0 unspecified atom stereocenters. The Morgan fingerprint density at radius 3 is 2.23 bits per heavy atom. The third-order valence-electron chi connectivity index (χ3n) is 3.52. The molecule has 0 atom stereocenters. The summed E-state index contributed by atoms with van der Waals surface area (Å²) in [4.78, 5) is 10.3. The predicted molar refractivity (Wildman–Crippen MR) is 47.4 cm³/mol. The lowest BCUT2D eigenvalue weighted by molar-refractivity contribution is -0.161. The van der Waals surface area contributed by atoms with Gasteiger partial charge >= 0.3 is 0 Å². The lowest BCUT2D eigenvalue weighted by Crippen LogP contribution is -2.49. The van der Waals surface area contributed by atoms with E-state index in [1.807, 2.05) is 0 Å². The molecule has 2 rings (SSSR count). The molecule has 74 valence electrons. The molecule has 0 aromatic carbocycles. The molecule has 1 heterocycles. The Bertz CT molecular complexity index is 198. The maximum absolute atomic E-state index is 10.3. The number of hydrogen-bond donors (Lipinski definition) is 1. The van der Waals surface area contributed by atoms with Crippen LogP contribution in [0.1, 0.15) is 32.1 Å². The molecule has 3 nitrogen and oxygen atoms in total. The number of aldehydes is 1. The first-order chi connectivity index (χ1) is 6.18. The summed E-state index contributed by atoms with van der Waals surface area (Å²) in [5, 5.41) is 9.95. The number of aliphatic hydroxyl groups is 1. The van der Waals surface area contributed by atoms with E-state index >= 15 is 0 Å². The van der Waals surface area contributed by atoms with Gasteiger partial charge in [0, 0.05) is 11.8 Å². The molecule has 3 heteroatoms. The first kappa shape index (κ1) is 9.16. The van der Waals surface area contributed by atoms with Crippen LogP contribution in [0.5, 0.6) is 0 Å². The van der Waals surface area contributed by atoms with Gasteiger partial charge in [0.25, 0.3) is 0 Å². The normalized spacial score (nSPS) is 29.6. The van der Waals surface area contributed by atoms with Crippen LogP contribution in [-0.4, -0.2) is 30.2 Å². The van der Waals surface area contributed by atoms with E-state index in [1.165, 1.54) is 0 Å². The van der Waals surface area contributed by atoms with Crippen LogP contribution in [0.15, 0.2) is 0 Å². The van der Waals surface area contributed by atoms with E-state index in [2.05, 4.69) is 0 Å². The molecular weight excluding hydrogens is 168 g/mol. The molecular formula is C10H16O3. The maximum atomic E-state index is 10.3. The molecule has 0 bridgehead atoms. The van der Waals surface area contributed by atoms with Gasteiger partial charge in [-0.2, -0.15) is 0 Å². The van der Waals surface area contributed by atoms with Crippen molar-refractivity contribution in [2.75, 3.05) is 13.2 Å². The van der Waals surface area contributed by atoms with E-state index < -0.39 is 5.60 Å². The van der Waals surface area contributed by atoms with Crippen molar-refractivity contribution < 1.29 is 14.6 Å². The van der Waals surface area contributed by atoms with E-state index in [4.69, 9.17) is 4.74 Å². The van der Waals surface area contributed by atoms with Gasteiger partial charge in [0.1, 0.15) is 6.29 Å². The van der Waals surface area contributed by atoms with Crippen molar-refractivity contribution in [1.29, 1.82) is 0 Å². The van der Waals surface area contributed by atoms with Gasteiger partial charge in [-0.15, -0.1) is 0 Å². The fourth-order valence-electron chi connectivity index (χ4n) is 2.28. The quantitative estimate of drug-likeness (QED) is 0.648. The number of hydrogen-bond acceptors (Lipinski definition) is 3. The number of carbonyl (C=O) groups excluding carboxylic acids is 1. The molecule has 1 aliphatic heterocycles. The summed E-state index contributed by atoms with van der Waals surface area (Å²) in [6, 6.07) is 0. The third-order valence-corrected chi connectivity index (χ3v) is 3.52. The van der Waals surface area contributed by atoms with Crippen molar-refractivity contribution in [3.05, 3.63) is 0 Å². The summed E-state index contributed by atoms with van der Waals surface area (Å²) in [7, 11) is 0. The van der Waals surface area contributed by atoms with Gasteiger partial charge in [-0.3, -0.25) is 0 Å². The third kappa shape index (κ3) is 1.63. The van der Waals surface area contributed by atoms with Crippen molar-refractivity contribution >= 4 is 6.29 Å². The molecule has 13 heavy (non-hydrogen) atoms. The van der Waals surface area contributed by atoms with Crippen LogP contribution in [0.3, 0.4) is 0 Å². The van der Waals surface area contributed by atoms with Gasteiger partial charge in [-0.05, 0) is 25.7 Å². The zero-order valence-electron chi connectivity index (χ0n) is 7.79. The van der Waals surface area contributed by atoms with Gasteiger partial charge in [-0.1, -0.05) is 0 Å². The molecule has 1 saturated carbocycles. The average molecular weight is 184 g/mol. The predicted octanol–water partition coefficient (Wildman–Crippen LogP) is 0.897. The second kappa shape index (κ2) is 3.07. The van der Waals surface area contributed by atoms with E-state index in [0.717, 1.165) is 45.2 Å². The highest BCUT2D eigenvalue weighted by molar-refractivity contribution is 5.51. The molecule has 0 aromatic heterocycles. The van der Waals surface area contributed by atoms with Crippen molar-refractivity contribution in [2.24, 2.45) is 5.41 Å². The van der Waals surface area contributed by atoms with Crippen LogP contribution in [0.25, 0.3) is 0 Å². The van der Waals surface area contributed by atoms with Gasteiger partial charge in [0.05, 0.1) is 18.8 Å². The van der Waals surface area contributed by atoms with Gasteiger partial charge in [0.15, 0.2) is 0 Å². The molecule has 2 aliphatic rings. The summed E-state index contributed by atoms with van der Waals surface area (Å²) < 4.78 is 5.19. The van der Waals surface area contributed by atoms with E-state index in [0.29, 0.717) is 11.8 Å². The summed E-state index contributed by atoms with van der Waals surface area (Å²) >= 11 is 0.